The molecule has 0 aromatic heterocycles. The van der Waals surface area contributed by atoms with Gasteiger partial charge in [-0.3, -0.25) is 10.8 Å². The van der Waals surface area contributed by atoms with E-state index in [1.54, 1.807) is 6.07 Å². The lowest BCUT2D eigenvalue weighted by Gasteiger charge is -2.02. The van der Waals surface area contributed by atoms with Crippen molar-refractivity contribution in [3.63, 3.8) is 0 Å². The fourth-order valence-corrected chi connectivity index (χ4v) is 1.08. The molecule has 0 atom stereocenters. The van der Waals surface area contributed by atoms with E-state index in [1.165, 1.54) is 5.56 Å². The Morgan fingerprint density at radius 3 is 2.56 bits per heavy atom. The molecule has 5 nitrogen and oxygen atoms in total. The third kappa shape index (κ3) is 3.10. The number of amidine groups is 1. The van der Waals surface area contributed by atoms with Gasteiger partial charge >= 0.3 is 0 Å². The number of benzene rings is 1. The quantitative estimate of drug-likeness (QED) is 0.403. The van der Waals surface area contributed by atoms with Crippen LogP contribution in [0, 0.1) is 16.7 Å². The first-order valence-corrected chi connectivity index (χ1v) is 4.84. The predicted octanol–water partition coefficient (Wildman–Crippen LogP) is 1.48. The summed E-state index contributed by atoms with van der Waals surface area (Å²) in [6, 6.07) is 9.39. The van der Waals surface area contributed by atoms with Crippen LogP contribution >= 0.6 is 0 Å². The summed E-state index contributed by atoms with van der Waals surface area (Å²) >= 11 is 0. The highest BCUT2D eigenvalue weighted by Crippen LogP contribution is 2.09. The second-order valence-corrected chi connectivity index (χ2v) is 3.15. The lowest BCUT2D eigenvalue weighted by molar-refractivity contribution is 1.14. The van der Waals surface area contributed by atoms with Crippen molar-refractivity contribution in [2.45, 2.75) is 13.3 Å². The number of rotatable bonds is 4. The van der Waals surface area contributed by atoms with E-state index in [-0.39, 0.29) is 11.5 Å². The maximum absolute atomic E-state index is 8.62. The van der Waals surface area contributed by atoms with Crippen LogP contribution in [0.15, 0.2) is 29.4 Å². The number of nitrogens with two attached hydrogens (primary N) is 1. The molecule has 4 N–H and O–H groups in total. The van der Waals surface area contributed by atoms with Crippen LogP contribution in [0.5, 0.6) is 0 Å². The van der Waals surface area contributed by atoms with Crippen LogP contribution in [0.25, 0.3) is 0 Å². The number of hydrogen-bond acceptors (Lipinski definition) is 4. The first-order valence-electron chi connectivity index (χ1n) is 4.84. The van der Waals surface area contributed by atoms with Gasteiger partial charge in [0.2, 0.25) is 5.71 Å². The van der Waals surface area contributed by atoms with Crippen molar-refractivity contribution in [1.82, 2.24) is 0 Å². The third-order valence-electron chi connectivity index (χ3n) is 2.02. The summed E-state index contributed by atoms with van der Waals surface area (Å²) in [4.78, 5) is 0. The van der Waals surface area contributed by atoms with E-state index < -0.39 is 0 Å². The number of hydrogen-bond donors (Lipinski definition) is 3. The highest BCUT2D eigenvalue weighted by molar-refractivity contribution is 6.45. The van der Waals surface area contributed by atoms with Gasteiger partial charge in [-0.2, -0.15) is 10.4 Å². The zero-order valence-corrected chi connectivity index (χ0v) is 8.99. The summed E-state index contributed by atoms with van der Waals surface area (Å²) in [5, 5.41) is 19.4. The van der Waals surface area contributed by atoms with Gasteiger partial charge in [0.15, 0.2) is 5.84 Å². The molecule has 82 valence electrons. The summed E-state index contributed by atoms with van der Waals surface area (Å²) in [7, 11) is 0. The van der Waals surface area contributed by atoms with Gasteiger partial charge in [0.05, 0.1) is 5.69 Å². The minimum Gasteiger partial charge on any atom is -0.382 e. The summed E-state index contributed by atoms with van der Waals surface area (Å²) < 4.78 is 0. The number of aryl methyl sites for hydroxylation is 1. The van der Waals surface area contributed by atoms with E-state index in [9.17, 15) is 0 Å². The number of hydrazone groups is 1. The van der Waals surface area contributed by atoms with Gasteiger partial charge in [0.25, 0.3) is 0 Å². The number of anilines is 1. The molecule has 0 saturated carbocycles. The summed E-state index contributed by atoms with van der Waals surface area (Å²) in [6.07, 6.45) is 0.973. The Hall–Kier alpha value is -2.35. The second-order valence-electron chi connectivity index (χ2n) is 3.15. The molecule has 1 aromatic rings. The fourth-order valence-electron chi connectivity index (χ4n) is 1.08. The number of nitrogens with one attached hydrogen (secondary N) is 2. The number of nitrogens with zero attached hydrogens (tertiary/aromatic N) is 2. The van der Waals surface area contributed by atoms with Gasteiger partial charge in [-0.05, 0) is 24.1 Å². The predicted molar refractivity (Wildman–Crippen MR) is 64.4 cm³/mol. The molecular formula is C11H13N5. The molecule has 0 bridgehead atoms. The average Bonchev–Trinajstić information content (AvgIpc) is 2.30. The highest BCUT2D eigenvalue weighted by atomic mass is 15.3. The molecular weight excluding hydrogens is 202 g/mol. The van der Waals surface area contributed by atoms with Crippen LogP contribution in [0.2, 0.25) is 0 Å². The zero-order valence-electron chi connectivity index (χ0n) is 8.99. The molecule has 0 saturated heterocycles. The smallest absolute Gasteiger partial charge is 0.201 e. The minimum absolute atomic E-state index is 0.125. The van der Waals surface area contributed by atoms with Gasteiger partial charge in [-0.15, -0.1) is 0 Å². The first kappa shape index (κ1) is 11.7. The summed E-state index contributed by atoms with van der Waals surface area (Å²) in [5.41, 5.74) is 9.67. The molecule has 0 aliphatic rings. The van der Waals surface area contributed by atoms with Crippen LogP contribution in [0.1, 0.15) is 12.5 Å². The molecule has 1 rings (SSSR count). The van der Waals surface area contributed by atoms with E-state index >= 15 is 0 Å². The van der Waals surface area contributed by atoms with Gasteiger partial charge in [0.1, 0.15) is 6.07 Å². The lowest BCUT2D eigenvalue weighted by atomic mass is 10.2. The van der Waals surface area contributed by atoms with Gasteiger partial charge in [0, 0.05) is 0 Å². The van der Waals surface area contributed by atoms with Crippen LogP contribution in [0.3, 0.4) is 0 Å². The molecule has 0 fully saturated rings. The Kier molecular flexibility index (Phi) is 4.04. The van der Waals surface area contributed by atoms with E-state index in [2.05, 4.69) is 17.5 Å². The number of nitriles is 1. The fraction of sp³-hybridized carbons (Fsp3) is 0.182. The average molecular weight is 215 g/mol. The molecule has 16 heavy (non-hydrogen) atoms. The molecule has 0 unspecified atom stereocenters. The normalized spacial score (nSPS) is 10.6. The monoisotopic (exact) mass is 215 g/mol. The summed E-state index contributed by atoms with van der Waals surface area (Å²) in [6.45, 7) is 2.07. The van der Waals surface area contributed by atoms with Crippen molar-refractivity contribution < 1.29 is 0 Å². The molecule has 0 aliphatic heterocycles. The Balaban J connectivity index is 2.74. The van der Waals surface area contributed by atoms with Crippen LogP contribution in [0.4, 0.5) is 5.69 Å². The van der Waals surface area contributed by atoms with E-state index in [4.69, 9.17) is 16.4 Å². The van der Waals surface area contributed by atoms with Crippen molar-refractivity contribution in [3.05, 3.63) is 29.8 Å². The molecule has 5 heteroatoms. The lowest BCUT2D eigenvalue weighted by Crippen LogP contribution is -2.21. The third-order valence-corrected chi connectivity index (χ3v) is 2.02. The Bertz CT molecular complexity index is 438. The van der Waals surface area contributed by atoms with Gasteiger partial charge < -0.3 is 5.73 Å². The van der Waals surface area contributed by atoms with E-state index in [1.807, 2.05) is 24.3 Å². The van der Waals surface area contributed by atoms with Crippen molar-refractivity contribution in [2.75, 3.05) is 5.43 Å². The topological polar surface area (TPSA) is 98.0 Å². The Morgan fingerprint density at radius 1 is 1.50 bits per heavy atom. The second kappa shape index (κ2) is 5.51. The van der Waals surface area contributed by atoms with Crippen molar-refractivity contribution in [1.29, 1.82) is 10.7 Å². The van der Waals surface area contributed by atoms with Crippen molar-refractivity contribution in [3.8, 4) is 6.07 Å². The maximum Gasteiger partial charge on any atom is 0.201 e. The minimum atomic E-state index is -0.347. The van der Waals surface area contributed by atoms with E-state index in [0.717, 1.165) is 12.1 Å². The Morgan fingerprint density at radius 2 is 2.12 bits per heavy atom. The van der Waals surface area contributed by atoms with E-state index in [0.29, 0.717) is 0 Å². The zero-order chi connectivity index (χ0) is 12.0. The Labute approximate surface area is 94.1 Å². The molecule has 0 aliphatic carbocycles. The standard InChI is InChI=1S/C11H13N5/c1-2-8-3-5-9(6-4-8)15-16-10(7-12)11(13)14/h3-6,15H,2H2,1H3,(H3,13,14)/b16-10+. The SMILES string of the molecule is CCc1ccc(N/N=C(\C#N)C(=N)N)cc1. The van der Waals surface area contributed by atoms with Crippen molar-refractivity contribution in [2.24, 2.45) is 10.8 Å². The van der Waals surface area contributed by atoms with Gasteiger partial charge in [-0.25, -0.2) is 0 Å². The largest absolute Gasteiger partial charge is 0.382 e. The molecule has 0 heterocycles. The van der Waals surface area contributed by atoms with Gasteiger partial charge in [-0.1, -0.05) is 19.1 Å². The van der Waals surface area contributed by atoms with Crippen LogP contribution in [-0.4, -0.2) is 11.5 Å². The first-order chi connectivity index (χ1) is 7.67. The summed E-state index contributed by atoms with van der Waals surface area (Å²) in [5.74, 6) is -0.347. The molecule has 0 spiro atoms. The molecule has 1 aromatic carbocycles. The maximum atomic E-state index is 8.62. The van der Waals surface area contributed by atoms with Crippen molar-refractivity contribution >= 4 is 17.2 Å². The highest BCUT2D eigenvalue weighted by Gasteiger charge is 2.00. The molecule has 0 radical (unpaired) electrons. The van der Waals surface area contributed by atoms with Crippen LogP contribution in [-0.2, 0) is 6.42 Å². The van der Waals surface area contributed by atoms with Crippen LogP contribution < -0.4 is 11.2 Å². The molecule has 0 amide bonds.